The van der Waals surface area contributed by atoms with Gasteiger partial charge in [0.2, 0.25) is 6.29 Å². The average Bonchev–Trinajstić information content (AvgIpc) is 2.14. The highest BCUT2D eigenvalue weighted by molar-refractivity contribution is 5.90. The van der Waals surface area contributed by atoms with Gasteiger partial charge < -0.3 is 14.6 Å². The molecule has 0 fully saturated rings. The molecule has 0 amide bonds. The number of rotatable bonds is 6. The minimum absolute atomic E-state index is 0.439. The Hall–Kier alpha value is -1.36. The van der Waals surface area contributed by atoms with Gasteiger partial charge in [0.05, 0.1) is 0 Å². The van der Waals surface area contributed by atoms with Crippen LogP contribution in [0.15, 0.2) is 12.2 Å². The minimum atomic E-state index is -1.19. The Morgan fingerprint density at radius 3 is 2.43 bits per heavy atom. The van der Waals surface area contributed by atoms with Crippen molar-refractivity contribution in [3.8, 4) is 0 Å². The first kappa shape index (κ1) is 12.6. The van der Waals surface area contributed by atoms with Crippen molar-refractivity contribution in [2.75, 3.05) is 6.61 Å². The molecule has 0 spiro atoms. The number of hydrogen-bond donors (Lipinski definition) is 1. The third kappa shape index (κ3) is 6.19. The van der Waals surface area contributed by atoms with Crippen LogP contribution in [0.1, 0.15) is 20.3 Å². The number of carbonyl (C=O) groups excluding carboxylic acids is 1. The lowest BCUT2D eigenvalue weighted by atomic mass is 10.4. The van der Waals surface area contributed by atoms with Crippen molar-refractivity contribution in [2.24, 2.45) is 0 Å². The molecule has 1 N–H and O–H groups in total. The van der Waals surface area contributed by atoms with Crippen molar-refractivity contribution in [2.45, 2.75) is 26.6 Å². The van der Waals surface area contributed by atoms with Gasteiger partial charge >= 0.3 is 11.9 Å². The predicted molar refractivity (Wildman–Crippen MR) is 48.6 cm³/mol. The van der Waals surface area contributed by atoms with Gasteiger partial charge in [-0.1, -0.05) is 6.92 Å². The fourth-order valence-corrected chi connectivity index (χ4v) is 0.729. The van der Waals surface area contributed by atoms with Crippen LogP contribution in [0.5, 0.6) is 0 Å². The predicted octanol–water partition coefficient (Wildman–Crippen LogP) is 0.943. The molecule has 1 unspecified atom stereocenters. The third-order valence-corrected chi connectivity index (χ3v) is 1.30. The average molecular weight is 202 g/mol. The second kappa shape index (κ2) is 7.08. The highest BCUT2D eigenvalue weighted by atomic mass is 16.7. The second-order valence-electron chi connectivity index (χ2n) is 2.40. The van der Waals surface area contributed by atoms with Crippen LogP contribution in [-0.2, 0) is 19.1 Å². The highest BCUT2D eigenvalue weighted by Gasteiger charge is 2.09. The van der Waals surface area contributed by atoms with E-state index in [1.165, 1.54) is 0 Å². The fraction of sp³-hybridized carbons (Fsp3) is 0.556. The van der Waals surface area contributed by atoms with Crippen molar-refractivity contribution in [3.63, 3.8) is 0 Å². The minimum Gasteiger partial charge on any atom is -0.478 e. The van der Waals surface area contributed by atoms with Crippen LogP contribution in [0.4, 0.5) is 0 Å². The van der Waals surface area contributed by atoms with E-state index in [-0.39, 0.29) is 0 Å². The molecular weight excluding hydrogens is 188 g/mol. The Labute approximate surface area is 82.3 Å². The van der Waals surface area contributed by atoms with Crippen molar-refractivity contribution in [1.29, 1.82) is 0 Å². The molecule has 0 aliphatic heterocycles. The number of carboxylic acids is 1. The van der Waals surface area contributed by atoms with Gasteiger partial charge in [0.25, 0.3) is 0 Å². The number of hydrogen-bond acceptors (Lipinski definition) is 4. The van der Waals surface area contributed by atoms with E-state index >= 15 is 0 Å². The molecule has 0 aliphatic carbocycles. The first-order chi connectivity index (χ1) is 6.60. The van der Waals surface area contributed by atoms with Crippen molar-refractivity contribution < 1.29 is 24.2 Å². The number of ether oxygens (including phenoxy) is 2. The molecule has 5 nitrogen and oxygen atoms in total. The smallest absolute Gasteiger partial charge is 0.333 e. The standard InChI is InChI=1S/C9H14O5/c1-3-9(13-4-2)14-8(12)6-5-7(10)11/h5-6,9H,3-4H2,1-2H3,(H,10,11). The largest absolute Gasteiger partial charge is 0.478 e. The summed E-state index contributed by atoms with van der Waals surface area (Å²) < 4.78 is 9.82. The maximum Gasteiger partial charge on any atom is 0.333 e. The third-order valence-electron chi connectivity index (χ3n) is 1.30. The van der Waals surface area contributed by atoms with Gasteiger partial charge in [-0.3, -0.25) is 0 Å². The Morgan fingerprint density at radius 1 is 1.36 bits per heavy atom. The van der Waals surface area contributed by atoms with Crippen molar-refractivity contribution >= 4 is 11.9 Å². The Kier molecular flexibility index (Phi) is 6.39. The van der Waals surface area contributed by atoms with E-state index in [2.05, 4.69) is 0 Å². The zero-order valence-electron chi connectivity index (χ0n) is 8.23. The molecule has 0 saturated heterocycles. The van der Waals surface area contributed by atoms with Gasteiger partial charge in [-0.25, -0.2) is 9.59 Å². The SMILES string of the molecule is CCOC(CC)OC(=O)C=CC(=O)O. The topological polar surface area (TPSA) is 72.8 Å². The highest BCUT2D eigenvalue weighted by Crippen LogP contribution is 2.00. The van der Waals surface area contributed by atoms with Gasteiger partial charge in [-0.2, -0.15) is 0 Å². The summed E-state index contributed by atoms with van der Waals surface area (Å²) in [6.07, 6.45) is 1.50. The summed E-state index contributed by atoms with van der Waals surface area (Å²) in [5.74, 6) is -1.90. The first-order valence-corrected chi connectivity index (χ1v) is 4.33. The van der Waals surface area contributed by atoms with E-state index < -0.39 is 18.2 Å². The van der Waals surface area contributed by atoms with E-state index in [1.807, 2.05) is 0 Å². The van der Waals surface area contributed by atoms with Crippen LogP contribution in [0, 0.1) is 0 Å². The van der Waals surface area contributed by atoms with E-state index in [0.717, 1.165) is 12.2 Å². The Bertz CT molecular complexity index is 221. The molecule has 5 heteroatoms. The van der Waals surface area contributed by atoms with Crippen LogP contribution in [0.2, 0.25) is 0 Å². The monoisotopic (exact) mass is 202 g/mol. The Balaban J connectivity index is 3.96. The van der Waals surface area contributed by atoms with E-state index in [4.69, 9.17) is 14.6 Å². The van der Waals surface area contributed by atoms with E-state index in [1.54, 1.807) is 13.8 Å². The summed E-state index contributed by atoms with van der Waals surface area (Å²) in [6, 6.07) is 0. The molecule has 0 radical (unpaired) electrons. The molecule has 14 heavy (non-hydrogen) atoms. The summed E-state index contributed by atoms with van der Waals surface area (Å²) >= 11 is 0. The molecule has 0 aromatic heterocycles. The summed E-state index contributed by atoms with van der Waals surface area (Å²) in [5.41, 5.74) is 0. The van der Waals surface area contributed by atoms with Crippen molar-refractivity contribution in [1.82, 2.24) is 0 Å². The maximum absolute atomic E-state index is 10.9. The van der Waals surface area contributed by atoms with E-state index in [0.29, 0.717) is 13.0 Å². The zero-order valence-corrected chi connectivity index (χ0v) is 8.23. The lowest BCUT2D eigenvalue weighted by Gasteiger charge is -2.13. The van der Waals surface area contributed by atoms with Crippen LogP contribution in [0.3, 0.4) is 0 Å². The van der Waals surface area contributed by atoms with Crippen LogP contribution < -0.4 is 0 Å². The van der Waals surface area contributed by atoms with Gasteiger partial charge in [-0.15, -0.1) is 0 Å². The fourth-order valence-electron chi connectivity index (χ4n) is 0.729. The molecule has 1 atom stereocenters. The molecule has 0 aromatic rings. The molecule has 0 bridgehead atoms. The number of carbonyl (C=O) groups is 2. The van der Waals surface area contributed by atoms with Gasteiger partial charge in [0.1, 0.15) is 0 Å². The zero-order chi connectivity index (χ0) is 11.0. The van der Waals surface area contributed by atoms with Crippen LogP contribution >= 0.6 is 0 Å². The van der Waals surface area contributed by atoms with Gasteiger partial charge in [0, 0.05) is 25.2 Å². The number of aliphatic carboxylic acids is 1. The molecule has 0 aliphatic rings. The summed E-state index contributed by atoms with van der Waals surface area (Å²) in [7, 11) is 0. The normalized spacial score (nSPS) is 12.7. The first-order valence-electron chi connectivity index (χ1n) is 4.33. The van der Waals surface area contributed by atoms with Crippen LogP contribution in [0.25, 0.3) is 0 Å². The Morgan fingerprint density at radius 2 is 2.00 bits per heavy atom. The summed E-state index contributed by atoms with van der Waals surface area (Å²) in [4.78, 5) is 21.0. The maximum atomic E-state index is 10.9. The lowest BCUT2D eigenvalue weighted by Crippen LogP contribution is -2.19. The summed E-state index contributed by atoms with van der Waals surface area (Å²) in [5, 5.41) is 8.23. The quantitative estimate of drug-likeness (QED) is 0.394. The number of esters is 1. The lowest BCUT2D eigenvalue weighted by molar-refractivity contribution is -0.172. The molecule has 0 heterocycles. The van der Waals surface area contributed by atoms with Crippen LogP contribution in [-0.4, -0.2) is 29.9 Å². The molecule has 0 aromatic carbocycles. The molecule has 0 rings (SSSR count). The molecule has 80 valence electrons. The summed E-state index contributed by atoms with van der Waals surface area (Å²) in [6.45, 7) is 4.02. The van der Waals surface area contributed by atoms with Gasteiger partial charge in [-0.05, 0) is 6.92 Å². The molecule has 0 saturated carbocycles. The number of carboxylic acid groups (broad SMARTS) is 1. The van der Waals surface area contributed by atoms with Gasteiger partial charge in [0.15, 0.2) is 0 Å². The second-order valence-corrected chi connectivity index (χ2v) is 2.40. The molecular formula is C9H14O5. The van der Waals surface area contributed by atoms with E-state index in [9.17, 15) is 9.59 Å². The van der Waals surface area contributed by atoms with Crippen molar-refractivity contribution in [3.05, 3.63) is 12.2 Å².